The fourth-order valence-electron chi connectivity index (χ4n) is 2.14. The SMILES string of the molecule is CN=C(NCc1ncc(C)s1)NCc1ccc(C)cc1OCC(F)(F)F.I. The van der Waals surface area contributed by atoms with Crippen LogP contribution in [0.1, 0.15) is 21.0 Å². The van der Waals surface area contributed by atoms with Gasteiger partial charge in [-0.3, -0.25) is 4.99 Å². The van der Waals surface area contributed by atoms with Gasteiger partial charge in [0.1, 0.15) is 10.8 Å². The number of nitrogens with one attached hydrogen (secondary N) is 2. The summed E-state index contributed by atoms with van der Waals surface area (Å²) in [6, 6.07) is 5.16. The molecule has 1 heterocycles. The van der Waals surface area contributed by atoms with E-state index in [1.165, 1.54) is 0 Å². The Hall–Kier alpha value is -1.56. The summed E-state index contributed by atoms with van der Waals surface area (Å²) in [4.78, 5) is 9.49. The molecule has 0 aliphatic heterocycles. The molecule has 0 fully saturated rings. The third-order valence-electron chi connectivity index (χ3n) is 3.36. The minimum absolute atomic E-state index is 0. The molecule has 0 aliphatic carbocycles. The molecule has 150 valence electrons. The minimum Gasteiger partial charge on any atom is -0.484 e. The van der Waals surface area contributed by atoms with Gasteiger partial charge in [0, 0.05) is 30.2 Å². The summed E-state index contributed by atoms with van der Waals surface area (Å²) >= 11 is 1.58. The lowest BCUT2D eigenvalue weighted by molar-refractivity contribution is -0.153. The molecule has 2 N–H and O–H groups in total. The fourth-order valence-corrected chi connectivity index (χ4v) is 2.87. The van der Waals surface area contributed by atoms with Crippen LogP contribution < -0.4 is 15.4 Å². The molecule has 27 heavy (non-hydrogen) atoms. The van der Waals surface area contributed by atoms with Crippen LogP contribution in [0.2, 0.25) is 0 Å². The highest BCUT2D eigenvalue weighted by atomic mass is 127. The van der Waals surface area contributed by atoms with Gasteiger partial charge in [0.25, 0.3) is 0 Å². The van der Waals surface area contributed by atoms with E-state index in [2.05, 4.69) is 20.6 Å². The molecule has 1 aromatic heterocycles. The van der Waals surface area contributed by atoms with E-state index in [9.17, 15) is 13.2 Å². The molecule has 0 aliphatic rings. The third-order valence-corrected chi connectivity index (χ3v) is 4.27. The number of hydrogen-bond donors (Lipinski definition) is 2. The first-order chi connectivity index (χ1) is 12.3. The molecule has 1 aromatic carbocycles. The van der Waals surface area contributed by atoms with Crippen molar-refractivity contribution in [2.24, 2.45) is 4.99 Å². The smallest absolute Gasteiger partial charge is 0.422 e. The maximum absolute atomic E-state index is 12.4. The second kappa shape index (κ2) is 10.7. The largest absolute Gasteiger partial charge is 0.484 e. The van der Waals surface area contributed by atoms with Gasteiger partial charge < -0.3 is 15.4 Å². The number of nitrogens with zero attached hydrogens (tertiary/aromatic N) is 2. The number of benzene rings is 1. The zero-order chi connectivity index (χ0) is 19.2. The summed E-state index contributed by atoms with van der Waals surface area (Å²) in [5.41, 5.74) is 1.44. The minimum atomic E-state index is -4.38. The highest BCUT2D eigenvalue weighted by molar-refractivity contribution is 14.0. The summed E-state index contributed by atoms with van der Waals surface area (Å²) in [5, 5.41) is 7.12. The Kier molecular flexibility index (Phi) is 9.30. The van der Waals surface area contributed by atoms with Crippen LogP contribution in [0.5, 0.6) is 5.75 Å². The van der Waals surface area contributed by atoms with E-state index < -0.39 is 12.8 Å². The van der Waals surface area contributed by atoms with Crippen LogP contribution in [-0.2, 0) is 13.1 Å². The van der Waals surface area contributed by atoms with Crippen LogP contribution in [0, 0.1) is 13.8 Å². The lowest BCUT2D eigenvalue weighted by Crippen LogP contribution is -2.36. The first-order valence-electron chi connectivity index (χ1n) is 7.92. The molecule has 0 saturated carbocycles. The van der Waals surface area contributed by atoms with Crippen LogP contribution in [0.3, 0.4) is 0 Å². The Morgan fingerprint density at radius 3 is 2.52 bits per heavy atom. The Labute approximate surface area is 177 Å². The molecule has 0 bridgehead atoms. The zero-order valence-electron chi connectivity index (χ0n) is 15.2. The maximum atomic E-state index is 12.4. The molecule has 10 heteroatoms. The number of alkyl halides is 3. The van der Waals surface area contributed by atoms with Crippen molar-refractivity contribution >= 4 is 41.3 Å². The topological polar surface area (TPSA) is 58.5 Å². The Morgan fingerprint density at radius 2 is 1.93 bits per heavy atom. The van der Waals surface area contributed by atoms with Crippen LogP contribution in [0.25, 0.3) is 0 Å². The van der Waals surface area contributed by atoms with E-state index in [4.69, 9.17) is 4.74 Å². The predicted octanol–water partition coefficient (Wildman–Crippen LogP) is 4.18. The van der Waals surface area contributed by atoms with E-state index in [0.717, 1.165) is 15.4 Å². The zero-order valence-corrected chi connectivity index (χ0v) is 18.3. The van der Waals surface area contributed by atoms with E-state index in [0.29, 0.717) is 18.1 Å². The number of guanidine groups is 1. The van der Waals surface area contributed by atoms with Gasteiger partial charge in [-0.1, -0.05) is 12.1 Å². The second-order valence-corrected chi connectivity index (χ2v) is 6.98. The first-order valence-corrected chi connectivity index (χ1v) is 8.73. The number of aromatic nitrogens is 1. The highest BCUT2D eigenvalue weighted by Crippen LogP contribution is 2.23. The van der Waals surface area contributed by atoms with Gasteiger partial charge in [-0.05, 0) is 25.5 Å². The summed E-state index contributed by atoms with van der Waals surface area (Å²) in [7, 11) is 1.62. The lowest BCUT2D eigenvalue weighted by Gasteiger charge is -2.16. The van der Waals surface area contributed by atoms with Gasteiger partial charge in [0.2, 0.25) is 0 Å². The standard InChI is InChI=1S/C17H21F3N4OS.HI/c1-11-4-5-13(14(6-11)25-10-17(18,19)20)8-23-16(21-3)24-9-15-22-7-12(2)26-15;/h4-7H,8-10H2,1-3H3,(H2,21,23,24);1H. The Morgan fingerprint density at radius 1 is 1.22 bits per heavy atom. The molecule has 2 rings (SSSR count). The molecule has 0 unspecified atom stereocenters. The van der Waals surface area contributed by atoms with E-state index >= 15 is 0 Å². The van der Waals surface area contributed by atoms with E-state index in [1.807, 2.05) is 13.0 Å². The van der Waals surface area contributed by atoms with Crippen LogP contribution >= 0.6 is 35.3 Å². The van der Waals surface area contributed by atoms with Crippen molar-refractivity contribution in [2.75, 3.05) is 13.7 Å². The number of ether oxygens (including phenoxy) is 1. The number of rotatable bonds is 6. The van der Waals surface area contributed by atoms with Crippen molar-refractivity contribution in [1.29, 1.82) is 0 Å². The fraction of sp³-hybridized carbons (Fsp3) is 0.412. The molecule has 5 nitrogen and oxygen atoms in total. The molecular formula is C17H22F3IN4OS. The van der Waals surface area contributed by atoms with Crippen LogP contribution in [0.4, 0.5) is 13.2 Å². The molecule has 0 radical (unpaired) electrons. The molecule has 0 amide bonds. The number of aliphatic imine (C=N–C) groups is 1. The normalized spacial score (nSPS) is 11.7. The monoisotopic (exact) mass is 514 g/mol. The van der Waals surface area contributed by atoms with Crippen molar-refractivity contribution in [3.05, 3.63) is 45.4 Å². The summed E-state index contributed by atoms with van der Waals surface area (Å²) < 4.78 is 42.2. The van der Waals surface area contributed by atoms with Gasteiger partial charge in [0.15, 0.2) is 12.6 Å². The molecule has 0 saturated heterocycles. The van der Waals surface area contributed by atoms with Gasteiger partial charge in [-0.2, -0.15) is 13.2 Å². The van der Waals surface area contributed by atoms with Crippen molar-refractivity contribution in [3.63, 3.8) is 0 Å². The number of hydrogen-bond acceptors (Lipinski definition) is 4. The second-order valence-electron chi connectivity index (χ2n) is 5.66. The average Bonchev–Trinajstić information content (AvgIpc) is 2.99. The van der Waals surface area contributed by atoms with Crippen molar-refractivity contribution < 1.29 is 17.9 Å². The number of aryl methyl sites for hydroxylation is 2. The van der Waals surface area contributed by atoms with E-state index in [-0.39, 0.29) is 36.3 Å². The number of thiazole rings is 1. The predicted molar refractivity (Wildman–Crippen MR) is 112 cm³/mol. The van der Waals surface area contributed by atoms with Crippen molar-refractivity contribution in [1.82, 2.24) is 15.6 Å². The van der Waals surface area contributed by atoms with Gasteiger partial charge in [-0.25, -0.2) is 4.98 Å². The quantitative estimate of drug-likeness (QED) is 0.345. The maximum Gasteiger partial charge on any atom is 0.422 e. The lowest BCUT2D eigenvalue weighted by atomic mass is 10.1. The van der Waals surface area contributed by atoms with Gasteiger partial charge in [-0.15, -0.1) is 35.3 Å². The van der Waals surface area contributed by atoms with Crippen LogP contribution in [-0.4, -0.2) is 30.8 Å². The van der Waals surface area contributed by atoms with Crippen molar-refractivity contribution in [2.45, 2.75) is 33.1 Å². The summed E-state index contributed by atoms with van der Waals surface area (Å²) in [5.74, 6) is 0.737. The van der Waals surface area contributed by atoms with Crippen LogP contribution in [0.15, 0.2) is 29.4 Å². The Balaban J connectivity index is 0.00000364. The van der Waals surface area contributed by atoms with Gasteiger partial charge in [0.05, 0.1) is 6.54 Å². The first kappa shape index (κ1) is 23.5. The van der Waals surface area contributed by atoms with Gasteiger partial charge >= 0.3 is 6.18 Å². The summed E-state index contributed by atoms with van der Waals surface area (Å²) in [6.45, 7) is 3.26. The third kappa shape index (κ3) is 8.33. The van der Waals surface area contributed by atoms with Crippen molar-refractivity contribution in [3.8, 4) is 5.75 Å². The molecule has 0 spiro atoms. The highest BCUT2D eigenvalue weighted by Gasteiger charge is 2.28. The van der Waals surface area contributed by atoms with E-state index in [1.54, 1.807) is 43.6 Å². The molecular weight excluding hydrogens is 492 g/mol. The number of halogens is 4. The molecule has 2 aromatic rings. The summed E-state index contributed by atoms with van der Waals surface area (Å²) in [6.07, 6.45) is -2.58. The Bertz CT molecular complexity index is 765. The average molecular weight is 514 g/mol. The molecule has 0 atom stereocenters.